The normalized spacial score (nSPS) is 11.1. The number of ether oxygens (including phenoxy) is 4. The van der Waals surface area contributed by atoms with Crippen molar-refractivity contribution in [2.24, 2.45) is 0 Å². The SMILES string of the molecule is C=CC(=O)OCCCCCCCCOc1ccc(-c2cc(F)c(C(F)(F)Oc3ccc(C(=O)CCCCCOC(=O)C=C)c(P)c3F)c(F)c2)cc1. The van der Waals surface area contributed by atoms with E-state index in [1.165, 1.54) is 12.1 Å². The Kier molecular flexibility index (Phi) is 17.0. The van der Waals surface area contributed by atoms with Crippen LogP contribution in [0.5, 0.6) is 11.5 Å². The Morgan fingerprint density at radius 3 is 1.77 bits per heavy atom. The van der Waals surface area contributed by atoms with E-state index in [4.69, 9.17) is 14.2 Å². The summed E-state index contributed by atoms with van der Waals surface area (Å²) in [5.41, 5.74) is -1.45. The van der Waals surface area contributed by atoms with Crippen molar-refractivity contribution in [3.63, 3.8) is 0 Å². The maximum atomic E-state index is 15.2. The number of benzene rings is 3. The van der Waals surface area contributed by atoms with Crippen molar-refractivity contribution in [1.82, 2.24) is 0 Å². The summed E-state index contributed by atoms with van der Waals surface area (Å²) >= 11 is 0. The largest absolute Gasteiger partial charge is 0.494 e. The molecule has 0 bridgehead atoms. The molecule has 3 aromatic carbocycles. The lowest BCUT2D eigenvalue weighted by Crippen LogP contribution is -2.27. The number of carbonyl (C=O) groups excluding carboxylic acids is 3. The molecule has 0 fully saturated rings. The van der Waals surface area contributed by atoms with E-state index < -0.39 is 52.6 Å². The summed E-state index contributed by atoms with van der Waals surface area (Å²) in [7, 11) is 1.97. The summed E-state index contributed by atoms with van der Waals surface area (Å²) < 4.78 is 95.5. The minimum Gasteiger partial charge on any atom is -0.494 e. The Labute approximate surface area is 302 Å². The topological polar surface area (TPSA) is 88.1 Å². The zero-order valence-corrected chi connectivity index (χ0v) is 29.9. The molecule has 0 N–H and O–H groups in total. The molecule has 0 saturated heterocycles. The van der Waals surface area contributed by atoms with Crippen molar-refractivity contribution in [1.29, 1.82) is 0 Å². The monoisotopic (exact) mass is 748 g/mol. The van der Waals surface area contributed by atoms with E-state index in [0.717, 1.165) is 74.9 Å². The van der Waals surface area contributed by atoms with Gasteiger partial charge in [-0.05, 0) is 79.6 Å². The number of hydrogen-bond acceptors (Lipinski definition) is 7. The van der Waals surface area contributed by atoms with E-state index in [9.17, 15) is 14.4 Å². The van der Waals surface area contributed by atoms with Crippen molar-refractivity contribution in [2.75, 3.05) is 19.8 Å². The second-order valence-corrected chi connectivity index (χ2v) is 12.3. The van der Waals surface area contributed by atoms with Gasteiger partial charge in [0.2, 0.25) is 0 Å². The van der Waals surface area contributed by atoms with Crippen LogP contribution in [0.15, 0.2) is 73.8 Å². The molecule has 0 amide bonds. The van der Waals surface area contributed by atoms with E-state index in [2.05, 4.69) is 17.9 Å². The van der Waals surface area contributed by atoms with Gasteiger partial charge in [0.15, 0.2) is 17.3 Å². The molecule has 1 unspecified atom stereocenters. The maximum Gasteiger partial charge on any atom is 0.432 e. The van der Waals surface area contributed by atoms with Crippen molar-refractivity contribution >= 4 is 32.3 Å². The van der Waals surface area contributed by atoms with Gasteiger partial charge in [-0.1, -0.05) is 51.0 Å². The lowest BCUT2D eigenvalue weighted by atomic mass is 10.0. The fraction of sp³-hybridized carbons (Fsp3) is 0.359. The van der Waals surface area contributed by atoms with E-state index in [1.54, 1.807) is 12.1 Å². The second-order valence-electron chi connectivity index (χ2n) is 11.7. The van der Waals surface area contributed by atoms with Gasteiger partial charge in [-0.3, -0.25) is 4.79 Å². The fourth-order valence-electron chi connectivity index (χ4n) is 5.11. The predicted octanol–water partition coefficient (Wildman–Crippen LogP) is 9.32. The predicted molar refractivity (Wildman–Crippen MR) is 190 cm³/mol. The van der Waals surface area contributed by atoms with Crippen molar-refractivity contribution in [2.45, 2.75) is 70.3 Å². The van der Waals surface area contributed by atoms with Gasteiger partial charge in [0, 0.05) is 29.4 Å². The van der Waals surface area contributed by atoms with Crippen LogP contribution in [0.1, 0.15) is 80.1 Å². The highest BCUT2D eigenvalue weighted by Gasteiger charge is 2.42. The standard InChI is InChI=1S/C39H42F5O7P/c1-3-34(46)49-22-12-8-6-5-7-11-21-48-28-17-15-26(16-18-28)27-24-30(40)36(31(41)25-27)39(43,44)51-33-20-19-29(38(52)37(33)42)32(45)14-10-9-13-23-50-35(47)4-2/h3-4,15-20,24-25H,1-2,5-14,21-23,52H2. The van der Waals surface area contributed by atoms with E-state index in [-0.39, 0.29) is 29.5 Å². The molecule has 0 spiro atoms. The molecule has 0 radical (unpaired) electrons. The summed E-state index contributed by atoms with van der Waals surface area (Å²) in [5.74, 6) is -6.42. The smallest absolute Gasteiger partial charge is 0.432 e. The third-order valence-corrected chi connectivity index (χ3v) is 8.45. The Balaban J connectivity index is 1.53. The van der Waals surface area contributed by atoms with Crippen LogP contribution in [0.25, 0.3) is 11.1 Å². The summed E-state index contributed by atoms with van der Waals surface area (Å²) in [6, 6.07) is 9.65. The molecule has 13 heteroatoms. The number of esters is 2. The lowest BCUT2D eigenvalue weighted by molar-refractivity contribution is -0.190. The maximum absolute atomic E-state index is 15.2. The van der Waals surface area contributed by atoms with Crippen molar-refractivity contribution in [3.8, 4) is 22.6 Å². The van der Waals surface area contributed by atoms with Gasteiger partial charge in [0.1, 0.15) is 22.9 Å². The quantitative estimate of drug-likeness (QED) is 0.0239. The molecule has 0 aliphatic heterocycles. The first-order chi connectivity index (χ1) is 24.9. The molecular formula is C39H42F5O7P. The average molecular weight is 749 g/mol. The van der Waals surface area contributed by atoms with Crippen LogP contribution >= 0.6 is 9.24 Å². The lowest BCUT2D eigenvalue weighted by Gasteiger charge is -2.21. The van der Waals surface area contributed by atoms with Gasteiger partial charge in [-0.25, -0.2) is 22.8 Å². The number of carbonyl (C=O) groups is 3. The number of hydrogen-bond donors (Lipinski definition) is 0. The zero-order chi connectivity index (χ0) is 38.1. The number of halogens is 5. The molecular weight excluding hydrogens is 706 g/mol. The molecule has 0 heterocycles. The molecule has 52 heavy (non-hydrogen) atoms. The highest BCUT2D eigenvalue weighted by Crippen LogP contribution is 2.38. The first-order valence-corrected chi connectivity index (χ1v) is 17.4. The van der Waals surface area contributed by atoms with Crippen LogP contribution in [0, 0.1) is 17.5 Å². The van der Waals surface area contributed by atoms with Crippen LogP contribution in [0.2, 0.25) is 0 Å². The molecule has 0 aliphatic rings. The van der Waals surface area contributed by atoms with Crippen LogP contribution in [0.4, 0.5) is 22.0 Å². The summed E-state index contributed by atoms with van der Waals surface area (Å²) in [6.45, 7) is 7.61. The van der Waals surface area contributed by atoms with Crippen LogP contribution in [-0.4, -0.2) is 37.5 Å². The van der Waals surface area contributed by atoms with Gasteiger partial charge in [0.25, 0.3) is 0 Å². The Bertz CT molecular complexity index is 1670. The molecule has 1 atom stereocenters. The van der Waals surface area contributed by atoms with Crippen molar-refractivity contribution in [3.05, 3.63) is 102 Å². The fourth-order valence-corrected chi connectivity index (χ4v) is 5.51. The first kappa shape index (κ1) is 41.8. The summed E-state index contributed by atoms with van der Waals surface area (Å²) in [6.07, 6.45) is 4.50. The van der Waals surface area contributed by atoms with E-state index in [0.29, 0.717) is 43.8 Å². The van der Waals surface area contributed by atoms with Gasteiger partial charge in [-0.2, -0.15) is 8.78 Å². The van der Waals surface area contributed by atoms with Gasteiger partial charge in [0.05, 0.1) is 19.8 Å². The Morgan fingerprint density at radius 2 is 1.21 bits per heavy atom. The van der Waals surface area contributed by atoms with E-state index >= 15 is 22.0 Å². The highest BCUT2D eigenvalue weighted by atomic mass is 31.0. The summed E-state index contributed by atoms with van der Waals surface area (Å²) in [5, 5.41) is -0.334. The molecule has 3 rings (SSSR count). The van der Waals surface area contributed by atoms with Crippen molar-refractivity contribution < 1.29 is 55.3 Å². The minimum atomic E-state index is -4.61. The Morgan fingerprint density at radius 1 is 0.692 bits per heavy atom. The third kappa shape index (κ3) is 12.9. The average Bonchev–Trinajstić information content (AvgIpc) is 3.11. The highest BCUT2D eigenvalue weighted by molar-refractivity contribution is 7.27. The molecule has 0 aromatic heterocycles. The number of unbranched alkanes of at least 4 members (excludes halogenated alkanes) is 7. The number of Topliss-reactive ketones (excluding diaryl/α,β-unsaturated/α-hetero) is 1. The van der Waals surface area contributed by atoms with E-state index in [1.807, 2.05) is 9.24 Å². The molecule has 7 nitrogen and oxygen atoms in total. The van der Waals surface area contributed by atoms with Gasteiger partial charge >= 0.3 is 18.0 Å². The molecule has 0 aliphatic carbocycles. The Hall–Kier alpha value is -4.57. The molecule has 3 aromatic rings. The molecule has 0 saturated carbocycles. The number of alkyl halides is 2. The first-order valence-electron chi connectivity index (χ1n) is 16.9. The minimum absolute atomic E-state index is 0.0144. The molecule has 280 valence electrons. The summed E-state index contributed by atoms with van der Waals surface area (Å²) in [4.78, 5) is 34.7. The second kappa shape index (κ2) is 21.1. The van der Waals surface area contributed by atoms with Crippen LogP contribution < -0.4 is 14.8 Å². The van der Waals surface area contributed by atoms with Crippen LogP contribution in [-0.2, 0) is 25.2 Å². The van der Waals surface area contributed by atoms with Crippen LogP contribution in [0.3, 0.4) is 0 Å². The third-order valence-electron chi connectivity index (χ3n) is 7.88. The van der Waals surface area contributed by atoms with Gasteiger partial charge < -0.3 is 18.9 Å². The zero-order valence-electron chi connectivity index (χ0n) is 28.7. The number of rotatable bonds is 23. The van der Waals surface area contributed by atoms with Gasteiger partial charge in [-0.15, -0.1) is 9.24 Å². The number of ketones is 1.